The summed E-state index contributed by atoms with van der Waals surface area (Å²) >= 11 is 0. The molecule has 130 valence electrons. The molecule has 2 N–H and O–H groups in total. The van der Waals surface area contributed by atoms with E-state index in [9.17, 15) is 18.3 Å². The van der Waals surface area contributed by atoms with Gasteiger partial charge in [-0.3, -0.25) is 9.48 Å². The first-order valence-corrected chi connectivity index (χ1v) is 9.35. The predicted molar refractivity (Wildman–Crippen MR) is 85.3 cm³/mol. The summed E-state index contributed by atoms with van der Waals surface area (Å²) in [7, 11) is -1.70. The lowest BCUT2D eigenvalue weighted by Gasteiger charge is -2.32. The largest absolute Gasteiger partial charge is 0.392 e. The lowest BCUT2D eigenvalue weighted by molar-refractivity contribution is 0.0684. The standard InChI is InChI=1S/C14H24N4O4S/c1-11(19)6-16-23(21,22)10-12-4-3-5-18(8-12)14(20)13-7-15-17(2)9-13/h7,9,11-12,16,19H,3-6,8,10H2,1-2H3/t11-,12+/m0/s1. The first kappa shape index (κ1) is 17.9. The molecule has 1 aromatic heterocycles. The third-order valence-corrected chi connectivity index (χ3v) is 5.33. The van der Waals surface area contributed by atoms with Crippen molar-refractivity contribution in [1.29, 1.82) is 0 Å². The van der Waals surface area contributed by atoms with Crippen molar-refractivity contribution >= 4 is 15.9 Å². The van der Waals surface area contributed by atoms with E-state index in [1.54, 1.807) is 22.8 Å². The molecule has 0 spiro atoms. The second-order valence-corrected chi connectivity index (χ2v) is 7.99. The first-order chi connectivity index (χ1) is 10.8. The van der Waals surface area contributed by atoms with E-state index >= 15 is 0 Å². The second-order valence-electron chi connectivity index (χ2n) is 6.14. The smallest absolute Gasteiger partial charge is 0.257 e. The Hall–Kier alpha value is -1.45. The molecule has 2 atom stereocenters. The molecule has 0 unspecified atom stereocenters. The van der Waals surface area contributed by atoms with E-state index in [1.807, 2.05) is 0 Å². The Morgan fingerprint density at radius 2 is 2.30 bits per heavy atom. The van der Waals surface area contributed by atoms with Crippen LogP contribution >= 0.6 is 0 Å². The average Bonchev–Trinajstić information content (AvgIpc) is 2.91. The normalized spacial score (nSPS) is 20.5. The van der Waals surface area contributed by atoms with Crippen LogP contribution in [-0.4, -0.2) is 65.6 Å². The van der Waals surface area contributed by atoms with Gasteiger partial charge in [0.2, 0.25) is 10.0 Å². The number of carbonyl (C=O) groups excluding carboxylic acids is 1. The summed E-state index contributed by atoms with van der Waals surface area (Å²) in [6.07, 6.45) is 4.01. The van der Waals surface area contributed by atoms with Crippen LogP contribution < -0.4 is 4.72 Å². The molecule has 1 fully saturated rings. The van der Waals surface area contributed by atoms with Crippen molar-refractivity contribution in [2.45, 2.75) is 25.9 Å². The van der Waals surface area contributed by atoms with Gasteiger partial charge in [0.05, 0.1) is 23.6 Å². The van der Waals surface area contributed by atoms with Gasteiger partial charge in [0.25, 0.3) is 5.91 Å². The average molecular weight is 344 g/mol. The molecule has 1 aromatic rings. The lowest BCUT2D eigenvalue weighted by Crippen LogP contribution is -2.43. The van der Waals surface area contributed by atoms with E-state index in [0.717, 1.165) is 12.8 Å². The Morgan fingerprint density at radius 3 is 2.91 bits per heavy atom. The molecule has 23 heavy (non-hydrogen) atoms. The molecular formula is C14H24N4O4S. The Labute approximate surface area is 136 Å². The van der Waals surface area contributed by atoms with Gasteiger partial charge in [-0.2, -0.15) is 5.10 Å². The van der Waals surface area contributed by atoms with Crippen LogP contribution in [0, 0.1) is 5.92 Å². The van der Waals surface area contributed by atoms with Crippen LogP contribution in [0.1, 0.15) is 30.1 Å². The summed E-state index contributed by atoms with van der Waals surface area (Å²) < 4.78 is 28.0. The van der Waals surface area contributed by atoms with Crippen LogP contribution in [0.3, 0.4) is 0 Å². The number of carbonyl (C=O) groups is 1. The second kappa shape index (κ2) is 7.41. The van der Waals surface area contributed by atoms with Crippen molar-refractivity contribution in [3.05, 3.63) is 18.0 Å². The van der Waals surface area contributed by atoms with Gasteiger partial charge in [-0.15, -0.1) is 0 Å². The summed E-state index contributed by atoms with van der Waals surface area (Å²) in [6, 6.07) is 0. The minimum atomic E-state index is -3.45. The summed E-state index contributed by atoms with van der Waals surface area (Å²) in [5, 5.41) is 13.2. The van der Waals surface area contributed by atoms with E-state index in [-0.39, 0.29) is 24.1 Å². The van der Waals surface area contributed by atoms with E-state index in [1.165, 1.54) is 13.1 Å². The molecule has 0 aromatic carbocycles. The Kier molecular flexibility index (Phi) is 5.77. The number of piperidine rings is 1. The quantitative estimate of drug-likeness (QED) is 0.729. The Bertz CT molecular complexity index is 641. The minimum Gasteiger partial charge on any atom is -0.392 e. The molecule has 2 rings (SSSR count). The van der Waals surface area contributed by atoms with Crippen LogP contribution in [0.5, 0.6) is 0 Å². The molecule has 1 aliphatic rings. The Morgan fingerprint density at radius 1 is 1.57 bits per heavy atom. The van der Waals surface area contributed by atoms with Crippen LogP contribution in [-0.2, 0) is 17.1 Å². The molecule has 0 radical (unpaired) electrons. The molecule has 0 saturated carbocycles. The number of likely N-dealkylation sites (tertiary alicyclic amines) is 1. The van der Waals surface area contributed by atoms with Crippen LogP contribution in [0.4, 0.5) is 0 Å². The zero-order valence-corrected chi connectivity index (χ0v) is 14.3. The lowest BCUT2D eigenvalue weighted by atomic mass is 9.99. The highest BCUT2D eigenvalue weighted by Gasteiger charge is 2.28. The number of hydrogen-bond donors (Lipinski definition) is 2. The number of aryl methyl sites for hydroxylation is 1. The highest BCUT2D eigenvalue weighted by atomic mass is 32.2. The number of rotatable bonds is 6. The number of aromatic nitrogens is 2. The number of aliphatic hydroxyl groups is 1. The minimum absolute atomic E-state index is 0.00732. The number of sulfonamides is 1. The van der Waals surface area contributed by atoms with E-state index in [2.05, 4.69) is 9.82 Å². The first-order valence-electron chi connectivity index (χ1n) is 7.70. The molecule has 1 saturated heterocycles. The van der Waals surface area contributed by atoms with Gasteiger partial charge < -0.3 is 10.0 Å². The van der Waals surface area contributed by atoms with Crippen molar-refractivity contribution in [2.75, 3.05) is 25.4 Å². The van der Waals surface area contributed by atoms with Gasteiger partial charge in [0, 0.05) is 32.9 Å². The van der Waals surface area contributed by atoms with Crippen molar-refractivity contribution < 1.29 is 18.3 Å². The highest BCUT2D eigenvalue weighted by molar-refractivity contribution is 7.89. The summed E-state index contributed by atoms with van der Waals surface area (Å²) in [5.74, 6) is -0.246. The third-order valence-electron chi connectivity index (χ3n) is 3.81. The van der Waals surface area contributed by atoms with Crippen LogP contribution in [0.25, 0.3) is 0 Å². The fourth-order valence-electron chi connectivity index (χ4n) is 2.72. The van der Waals surface area contributed by atoms with E-state index in [0.29, 0.717) is 18.7 Å². The topological polar surface area (TPSA) is 105 Å². The molecule has 2 heterocycles. The fraction of sp³-hybridized carbons (Fsp3) is 0.714. The third kappa shape index (κ3) is 5.29. The molecule has 1 amide bonds. The zero-order chi connectivity index (χ0) is 17.0. The number of nitrogens with one attached hydrogen (secondary N) is 1. The van der Waals surface area contributed by atoms with Gasteiger partial charge in [-0.25, -0.2) is 13.1 Å². The number of nitrogens with zero attached hydrogens (tertiary/aromatic N) is 3. The highest BCUT2D eigenvalue weighted by Crippen LogP contribution is 2.20. The molecule has 9 heteroatoms. The number of amides is 1. The van der Waals surface area contributed by atoms with Crippen molar-refractivity contribution in [3.8, 4) is 0 Å². The summed E-state index contributed by atoms with van der Waals surface area (Å²) in [6.45, 7) is 2.58. The van der Waals surface area contributed by atoms with Crippen molar-refractivity contribution in [1.82, 2.24) is 19.4 Å². The summed E-state index contributed by atoms with van der Waals surface area (Å²) in [4.78, 5) is 14.1. The van der Waals surface area contributed by atoms with Gasteiger partial charge in [0.1, 0.15) is 0 Å². The molecule has 8 nitrogen and oxygen atoms in total. The fourth-order valence-corrected chi connectivity index (χ4v) is 4.22. The Balaban J connectivity index is 1.94. The predicted octanol–water partition coefficient (Wildman–Crippen LogP) is -0.427. The number of aliphatic hydroxyl groups excluding tert-OH is 1. The maximum Gasteiger partial charge on any atom is 0.257 e. The zero-order valence-electron chi connectivity index (χ0n) is 13.5. The van der Waals surface area contributed by atoms with E-state index < -0.39 is 16.1 Å². The molecular weight excluding hydrogens is 320 g/mol. The molecule has 0 aliphatic carbocycles. The van der Waals surface area contributed by atoms with Gasteiger partial charge >= 0.3 is 0 Å². The van der Waals surface area contributed by atoms with Crippen LogP contribution in [0.15, 0.2) is 12.4 Å². The van der Waals surface area contributed by atoms with Gasteiger partial charge in [0.15, 0.2) is 0 Å². The van der Waals surface area contributed by atoms with Gasteiger partial charge in [-0.05, 0) is 25.7 Å². The SMILES string of the molecule is C[C@H](O)CNS(=O)(=O)C[C@@H]1CCCN(C(=O)c2cnn(C)c2)C1. The monoisotopic (exact) mass is 344 g/mol. The maximum atomic E-state index is 12.4. The number of hydrogen-bond acceptors (Lipinski definition) is 5. The summed E-state index contributed by atoms with van der Waals surface area (Å²) in [5.41, 5.74) is 0.517. The van der Waals surface area contributed by atoms with E-state index in [4.69, 9.17) is 0 Å². The molecule has 0 bridgehead atoms. The van der Waals surface area contributed by atoms with Gasteiger partial charge in [-0.1, -0.05) is 0 Å². The van der Waals surface area contributed by atoms with Crippen LogP contribution in [0.2, 0.25) is 0 Å². The molecule has 1 aliphatic heterocycles. The van der Waals surface area contributed by atoms with Crippen molar-refractivity contribution in [3.63, 3.8) is 0 Å². The maximum absolute atomic E-state index is 12.4. The van der Waals surface area contributed by atoms with Crippen molar-refractivity contribution in [2.24, 2.45) is 13.0 Å².